The summed E-state index contributed by atoms with van der Waals surface area (Å²) in [5.74, 6) is 0.729. The Kier molecular flexibility index (Phi) is 3.50. The maximum Gasteiger partial charge on any atom is 0.289 e. The molecule has 0 atom stereocenters. The summed E-state index contributed by atoms with van der Waals surface area (Å²) < 4.78 is 1.61. The van der Waals surface area contributed by atoms with Crippen LogP contribution >= 0.6 is 0 Å². The van der Waals surface area contributed by atoms with Gasteiger partial charge in [-0.25, -0.2) is 4.68 Å². The van der Waals surface area contributed by atoms with Crippen LogP contribution in [0.3, 0.4) is 0 Å². The van der Waals surface area contributed by atoms with E-state index in [0.717, 1.165) is 17.0 Å². The molecule has 8 nitrogen and oxygen atoms in total. The van der Waals surface area contributed by atoms with Crippen LogP contribution in [0.4, 0.5) is 5.95 Å². The molecule has 3 aromatic heterocycles. The molecule has 0 aliphatic heterocycles. The smallest absolute Gasteiger partial charge is 0.289 e. The largest absolute Gasteiger partial charge is 0.348 e. The van der Waals surface area contributed by atoms with Gasteiger partial charge in [0, 0.05) is 24.6 Å². The van der Waals surface area contributed by atoms with Crippen molar-refractivity contribution in [1.29, 1.82) is 0 Å². The van der Waals surface area contributed by atoms with E-state index >= 15 is 0 Å². The highest BCUT2D eigenvalue weighted by Crippen LogP contribution is 2.06. The third-order valence-corrected chi connectivity index (χ3v) is 2.87. The van der Waals surface area contributed by atoms with Gasteiger partial charge in [-0.15, -0.1) is 20.4 Å². The molecule has 0 radical (unpaired) electrons. The second kappa shape index (κ2) is 5.61. The van der Waals surface area contributed by atoms with Crippen molar-refractivity contribution in [2.75, 3.05) is 5.32 Å². The van der Waals surface area contributed by atoms with Crippen molar-refractivity contribution in [3.05, 3.63) is 47.5 Å². The SMILES string of the molecule is Cc1cc(C)n(-c2nnc(NCc3ccncc3)nn2)n1. The van der Waals surface area contributed by atoms with Crippen LogP contribution in [0.25, 0.3) is 5.95 Å². The Morgan fingerprint density at radius 2 is 1.76 bits per heavy atom. The van der Waals surface area contributed by atoms with E-state index in [9.17, 15) is 0 Å². The number of hydrogen-bond acceptors (Lipinski definition) is 7. The molecule has 3 aromatic rings. The zero-order valence-electron chi connectivity index (χ0n) is 11.7. The summed E-state index contributed by atoms with van der Waals surface area (Å²) >= 11 is 0. The number of hydrogen-bond donors (Lipinski definition) is 1. The van der Waals surface area contributed by atoms with Gasteiger partial charge in [-0.2, -0.15) is 5.10 Å². The minimum Gasteiger partial charge on any atom is -0.348 e. The average molecular weight is 282 g/mol. The summed E-state index contributed by atoms with van der Waals surface area (Å²) in [6.45, 7) is 4.43. The molecule has 0 amide bonds. The van der Waals surface area contributed by atoms with E-state index in [4.69, 9.17) is 0 Å². The van der Waals surface area contributed by atoms with Crippen molar-refractivity contribution in [3.63, 3.8) is 0 Å². The first-order chi connectivity index (χ1) is 10.2. The van der Waals surface area contributed by atoms with Crippen molar-refractivity contribution >= 4 is 5.95 Å². The number of aromatic nitrogens is 7. The highest BCUT2D eigenvalue weighted by Gasteiger charge is 2.08. The summed E-state index contributed by atoms with van der Waals surface area (Å²) in [4.78, 5) is 3.96. The van der Waals surface area contributed by atoms with E-state index in [1.165, 1.54) is 0 Å². The molecule has 0 saturated carbocycles. The van der Waals surface area contributed by atoms with Crippen molar-refractivity contribution in [1.82, 2.24) is 35.2 Å². The predicted octanol–water partition coefficient (Wildman–Crippen LogP) is 1.08. The first kappa shape index (κ1) is 13.1. The number of nitrogens with zero attached hydrogens (tertiary/aromatic N) is 7. The van der Waals surface area contributed by atoms with Gasteiger partial charge in [-0.1, -0.05) is 0 Å². The molecule has 1 N–H and O–H groups in total. The number of aryl methyl sites for hydroxylation is 2. The van der Waals surface area contributed by atoms with Crippen LogP contribution in [-0.4, -0.2) is 35.2 Å². The summed E-state index contributed by atoms with van der Waals surface area (Å²) in [5.41, 5.74) is 2.92. The summed E-state index contributed by atoms with van der Waals surface area (Å²) in [5, 5.41) is 23.4. The molecule has 3 rings (SSSR count). The van der Waals surface area contributed by atoms with Crippen molar-refractivity contribution in [2.24, 2.45) is 0 Å². The van der Waals surface area contributed by atoms with Crippen molar-refractivity contribution < 1.29 is 0 Å². The van der Waals surface area contributed by atoms with Crippen molar-refractivity contribution in [3.8, 4) is 5.95 Å². The molecule has 0 fully saturated rings. The number of anilines is 1. The molecule has 106 valence electrons. The fourth-order valence-electron chi connectivity index (χ4n) is 1.89. The Morgan fingerprint density at radius 1 is 1.05 bits per heavy atom. The Bertz CT molecular complexity index is 720. The summed E-state index contributed by atoms with van der Waals surface area (Å²) in [6, 6.07) is 5.77. The number of rotatable bonds is 4. The molecule has 0 saturated heterocycles. The number of pyridine rings is 1. The Morgan fingerprint density at radius 3 is 2.38 bits per heavy atom. The van der Waals surface area contributed by atoms with Gasteiger partial charge < -0.3 is 5.32 Å². The molecule has 21 heavy (non-hydrogen) atoms. The van der Waals surface area contributed by atoms with Gasteiger partial charge >= 0.3 is 0 Å². The minimum absolute atomic E-state index is 0.357. The molecule has 0 aliphatic rings. The first-order valence-electron chi connectivity index (χ1n) is 6.46. The molecule has 0 unspecified atom stereocenters. The van der Waals surface area contributed by atoms with Crippen LogP contribution in [0.2, 0.25) is 0 Å². The van der Waals surface area contributed by atoms with Crippen LogP contribution in [0.5, 0.6) is 0 Å². The minimum atomic E-state index is 0.357. The van der Waals surface area contributed by atoms with Gasteiger partial charge in [0.15, 0.2) is 0 Å². The van der Waals surface area contributed by atoms with Crippen LogP contribution in [0, 0.1) is 13.8 Å². The standard InChI is InChI=1S/C13H14N8/c1-9-7-10(2)21(20-9)13-18-16-12(17-19-13)15-8-11-3-5-14-6-4-11/h3-7H,8H2,1-2H3,(H,15,16,17). The van der Waals surface area contributed by atoms with E-state index in [-0.39, 0.29) is 0 Å². The van der Waals surface area contributed by atoms with Crippen LogP contribution in [-0.2, 0) is 6.54 Å². The lowest BCUT2D eigenvalue weighted by molar-refractivity contribution is 0.710. The Balaban J connectivity index is 1.71. The highest BCUT2D eigenvalue weighted by molar-refractivity contribution is 5.25. The predicted molar refractivity (Wildman–Crippen MR) is 75.8 cm³/mol. The van der Waals surface area contributed by atoms with Gasteiger partial charge in [0.05, 0.1) is 5.69 Å². The molecular weight excluding hydrogens is 268 g/mol. The fraction of sp³-hybridized carbons (Fsp3) is 0.231. The maximum absolute atomic E-state index is 4.29. The third kappa shape index (κ3) is 2.99. The molecule has 0 bridgehead atoms. The van der Waals surface area contributed by atoms with E-state index in [2.05, 4.69) is 35.8 Å². The normalized spacial score (nSPS) is 10.6. The molecule has 3 heterocycles. The van der Waals surface area contributed by atoms with E-state index < -0.39 is 0 Å². The first-order valence-corrected chi connectivity index (χ1v) is 6.46. The second-order valence-corrected chi connectivity index (χ2v) is 4.57. The van der Waals surface area contributed by atoms with E-state index in [1.807, 2.05) is 32.0 Å². The zero-order valence-corrected chi connectivity index (χ0v) is 11.7. The maximum atomic E-state index is 4.29. The molecule has 0 aliphatic carbocycles. The quantitative estimate of drug-likeness (QED) is 0.765. The molecular formula is C13H14N8. The Hall–Kier alpha value is -2.90. The molecule has 0 aromatic carbocycles. The van der Waals surface area contributed by atoms with Crippen LogP contribution < -0.4 is 5.32 Å². The molecule has 0 spiro atoms. The van der Waals surface area contributed by atoms with Crippen LogP contribution in [0.1, 0.15) is 17.0 Å². The lowest BCUT2D eigenvalue weighted by Gasteiger charge is -2.04. The zero-order chi connectivity index (χ0) is 14.7. The second-order valence-electron chi connectivity index (χ2n) is 4.57. The van der Waals surface area contributed by atoms with E-state index in [0.29, 0.717) is 18.4 Å². The lowest BCUT2D eigenvalue weighted by Crippen LogP contribution is -2.11. The van der Waals surface area contributed by atoms with Crippen LogP contribution in [0.15, 0.2) is 30.6 Å². The third-order valence-electron chi connectivity index (χ3n) is 2.87. The van der Waals surface area contributed by atoms with E-state index in [1.54, 1.807) is 17.1 Å². The van der Waals surface area contributed by atoms with Crippen molar-refractivity contribution in [2.45, 2.75) is 20.4 Å². The highest BCUT2D eigenvalue weighted by atomic mass is 15.5. The molecule has 8 heteroatoms. The van der Waals surface area contributed by atoms with Gasteiger partial charge in [-0.05, 0) is 37.6 Å². The topological polar surface area (TPSA) is 94.3 Å². The average Bonchev–Trinajstić information content (AvgIpc) is 2.85. The Labute approximate surface area is 121 Å². The lowest BCUT2D eigenvalue weighted by atomic mass is 10.3. The van der Waals surface area contributed by atoms with Gasteiger partial charge in [0.1, 0.15) is 0 Å². The van der Waals surface area contributed by atoms with Gasteiger partial charge in [0.25, 0.3) is 11.9 Å². The number of nitrogens with one attached hydrogen (secondary N) is 1. The summed E-state index contributed by atoms with van der Waals surface area (Å²) in [6.07, 6.45) is 3.47. The monoisotopic (exact) mass is 282 g/mol. The van der Waals surface area contributed by atoms with Gasteiger partial charge in [0.2, 0.25) is 0 Å². The summed E-state index contributed by atoms with van der Waals surface area (Å²) in [7, 11) is 0. The van der Waals surface area contributed by atoms with Gasteiger partial charge in [-0.3, -0.25) is 4.98 Å². The fourth-order valence-corrected chi connectivity index (χ4v) is 1.89.